The molecule has 34 heavy (non-hydrogen) atoms. The molecule has 1 aliphatic heterocycles. The van der Waals surface area contributed by atoms with E-state index in [4.69, 9.17) is 9.47 Å². The van der Waals surface area contributed by atoms with Gasteiger partial charge < -0.3 is 14.6 Å². The summed E-state index contributed by atoms with van der Waals surface area (Å²) in [5.41, 5.74) is 1.40. The van der Waals surface area contributed by atoms with E-state index in [1.54, 1.807) is 23.1 Å². The molecule has 180 valence electrons. The molecule has 0 radical (unpaired) electrons. The monoisotopic (exact) mass is 546 g/mol. The Morgan fingerprint density at radius 1 is 1.24 bits per heavy atom. The number of carbonyl (C=O) groups excluding carboxylic acids is 1. The summed E-state index contributed by atoms with van der Waals surface area (Å²) in [7, 11) is 0. The first-order chi connectivity index (χ1) is 16.2. The van der Waals surface area contributed by atoms with E-state index in [0.29, 0.717) is 52.9 Å². The van der Waals surface area contributed by atoms with Gasteiger partial charge in [0.25, 0.3) is 5.91 Å². The van der Waals surface area contributed by atoms with Gasteiger partial charge in [0.1, 0.15) is 0 Å². The molecule has 1 fully saturated rings. The Morgan fingerprint density at radius 2 is 2.00 bits per heavy atom. The molecule has 1 N–H and O–H groups in total. The Balaban J connectivity index is 1.94. The van der Waals surface area contributed by atoms with E-state index in [2.05, 4.69) is 34.8 Å². The molecular formula is C25H27BrN2O5S. The number of halogens is 1. The van der Waals surface area contributed by atoms with Crippen LogP contribution >= 0.6 is 27.7 Å². The summed E-state index contributed by atoms with van der Waals surface area (Å²) in [6.07, 6.45) is 1.80. The van der Waals surface area contributed by atoms with Crippen molar-refractivity contribution in [2.24, 2.45) is 10.9 Å². The van der Waals surface area contributed by atoms with Crippen LogP contribution < -0.4 is 9.47 Å². The van der Waals surface area contributed by atoms with Gasteiger partial charge in [-0.3, -0.25) is 9.69 Å². The first kappa shape index (κ1) is 25.8. The summed E-state index contributed by atoms with van der Waals surface area (Å²) >= 11 is 4.83. The molecule has 1 aliphatic rings. The molecule has 0 spiro atoms. The lowest BCUT2D eigenvalue weighted by molar-refractivity contribution is -0.122. The number of benzene rings is 2. The van der Waals surface area contributed by atoms with Crippen LogP contribution in [0.2, 0.25) is 0 Å². The van der Waals surface area contributed by atoms with Crippen LogP contribution in [0.15, 0.2) is 50.8 Å². The predicted octanol–water partition coefficient (Wildman–Crippen LogP) is 6.20. The number of nitrogens with zero attached hydrogens (tertiary/aromatic N) is 2. The van der Waals surface area contributed by atoms with E-state index >= 15 is 0 Å². The van der Waals surface area contributed by atoms with Crippen molar-refractivity contribution in [2.75, 3.05) is 19.8 Å². The number of aromatic carboxylic acids is 1. The molecule has 0 bridgehead atoms. The molecule has 1 heterocycles. The number of amidine groups is 1. The van der Waals surface area contributed by atoms with Crippen LogP contribution in [0.4, 0.5) is 5.69 Å². The summed E-state index contributed by atoms with van der Waals surface area (Å²) in [6.45, 7) is 9.41. The number of thioether (sulfide) groups is 1. The van der Waals surface area contributed by atoms with Crippen LogP contribution in [0, 0.1) is 5.92 Å². The number of carbonyl (C=O) groups is 2. The molecule has 0 aliphatic carbocycles. The van der Waals surface area contributed by atoms with Crippen molar-refractivity contribution >= 4 is 56.5 Å². The second-order valence-corrected chi connectivity index (χ2v) is 9.74. The third-order valence-electron chi connectivity index (χ3n) is 4.71. The van der Waals surface area contributed by atoms with Gasteiger partial charge in [-0.05, 0) is 89.4 Å². The van der Waals surface area contributed by atoms with E-state index in [0.717, 1.165) is 10.0 Å². The maximum atomic E-state index is 13.1. The number of amides is 1. The zero-order valence-corrected chi connectivity index (χ0v) is 21.9. The van der Waals surface area contributed by atoms with Crippen LogP contribution in [0.1, 0.15) is 43.6 Å². The predicted molar refractivity (Wildman–Crippen MR) is 139 cm³/mol. The molecule has 0 unspecified atom stereocenters. The highest BCUT2D eigenvalue weighted by Crippen LogP contribution is 2.40. The third-order valence-corrected chi connectivity index (χ3v) is 6.31. The number of ether oxygens (including phenoxy) is 2. The Labute approximate surface area is 212 Å². The number of carboxylic acid groups (broad SMARTS) is 1. The molecule has 3 rings (SSSR count). The fourth-order valence-electron chi connectivity index (χ4n) is 3.16. The van der Waals surface area contributed by atoms with Gasteiger partial charge in [0.2, 0.25) is 0 Å². The lowest BCUT2D eigenvalue weighted by Crippen LogP contribution is -2.28. The van der Waals surface area contributed by atoms with Crippen molar-refractivity contribution in [1.29, 1.82) is 0 Å². The van der Waals surface area contributed by atoms with Crippen LogP contribution in [0.25, 0.3) is 6.08 Å². The van der Waals surface area contributed by atoms with Crippen molar-refractivity contribution < 1.29 is 24.2 Å². The molecule has 2 aromatic rings. The standard InChI is InChI=1S/C25H27BrN2O5S/c1-5-28-23(29)21(34-25(28)27-18-9-7-8-17(13-18)24(30)31)12-16-10-19(26)22(33-14-15(3)4)20(11-16)32-6-2/h7-13,15H,5-6,14H2,1-4H3,(H,30,31)/b21-12+,27-25?. The van der Waals surface area contributed by atoms with Crippen molar-refractivity contribution in [2.45, 2.75) is 27.7 Å². The van der Waals surface area contributed by atoms with Gasteiger partial charge in [-0.2, -0.15) is 0 Å². The Hall–Kier alpha value is -2.78. The molecule has 0 atom stereocenters. The molecular weight excluding hydrogens is 520 g/mol. The fourth-order valence-corrected chi connectivity index (χ4v) is 4.80. The van der Waals surface area contributed by atoms with Gasteiger partial charge in [-0.1, -0.05) is 19.9 Å². The topological polar surface area (TPSA) is 88.4 Å². The molecule has 7 nitrogen and oxygen atoms in total. The van der Waals surface area contributed by atoms with Crippen molar-refractivity contribution in [3.05, 3.63) is 56.9 Å². The summed E-state index contributed by atoms with van der Waals surface area (Å²) < 4.78 is 12.5. The number of hydrogen-bond donors (Lipinski definition) is 1. The smallest absolute Gasteiger partial charge is 0.335 e. The van der Waals surface area contributed by atoms with Crippen LogP contribution in [-0.4, -0.2) is 46.8 Å². The first-order valence-corrected chi connectivity index (χ1v) is 12.6. The Kier molecular flexibility index (Phi) is 8.79. The van der Waals surface area contributed by atoms with Crippen molar-refractivity contribution in [1.82, 2.24) is 4.90 Å². The zero-order valence-electron chi connectivity index (χ0n) is 19.5. The number of rotatable bonds is 9. The Morgan fingerprint density at radius 3 is 2.65 bits per heavy atom. The lowest BCUT2D eigenvalue weighted by atomic mass is 10.1. The molecule has 9 heteroatoms. The lowest BCUT2D eigenvalue weighted by Gasteiger charge is -2.16. The summed E-state index contributed by atoms with van der Waals surface area (Å²) in [5, 5.41) is 9.73. The third kappa shape index (κ3) is 6.21. The maximum absolute atomic E-state index is 13.1. The van der Waals surface area contributed by atoms with Gasteiger partial charge in [0.05, 0.1) is 33.8 Å². The second-order valence-electron chi connectivity index (χ2n) is 7.88. The maximum Gasteiger partial charge on any atom is 0.335 e. The summed E-state index contributed by atoms with van der Waals surface area (Å²) in [6, 6.07) is 10.1. The van der Waals surface area contributed by atoms with Crippen molar-refractivity contribution in [3.8, 4) is 11.5 Å². The van der Waals surface area contributed by atoms with E-state index in [9.17, 15) is 14.7 Å². The zero-order chi connectivity index (χ0) is 24.8. The molecule has 1 amide bonds. The van der Waals surface area contributed by atoms with Crippen LogP contribution in [0.5, 0.6) is 11.5 Å². The van der Waals surface area contributed by atoms with Crippen LogP contribution in [-0.2, 0) is 4.79 Å². The highest BCUT2D eigenvalue weighted by Gasteiger charge is 2.32. The minimum Gasteiger partial charge on any atom is -0.490 e. The molecule has 0 aromatic heterocycles. The summed E-state index contributed by atoms with van der Waals surface area (Å²) in [4.78, 5) is 30.9. The first-order valence-electron chi connectivity index (χ1n) is 11.0. The van der Waals surface area contributed by atoms with E-state index in [1.165, 1.54) is 23.9 Å². The second kappa shape index (κ2) is 11.6. The highest BCUT2D eigenvalue weighted by molar-refractivity contribution is 9.10. The number of hydrogen-bond acceptors (Lipinski definition) is 6. The largest absolute Gasteiger partial charge is 0.490 e. The average Bonchev–Trinajstić information content (AvgIpc) is 3.07. The number of carboxylic acids is 1. The normalized spacial score (nSPS) is 16.1. The highest BCUT2D eigenvalue weighted by atomic mass is 79.9. The van der Waals surface area contributed by atoms with Gasteiger partial charge in [-0.25, -0.2) is 9.79 Å². The van der Waals surface area contributed by atoms with Gasteiger partial charge in [-0.15, -0.1) is 0 Å². The fraction of sp³-hybridized carbons (Fsp3) is 0.320. The molecule has 2 aromatic carbocycles. The minimum atomic E-state index is -1.03. The van der Waals surface area contributed by atoms with E-state index in [-0.39, 0.29) is 11.5 Å². The SMILES string of the molecule is CCOc1cc(/C=C2/SC(=Nc3cccc(C(=O)O)c3)N(CC)C2=O)cc(Br)c1OCC(C)C. The van der Waals surface area contributed by atoms with Gasteiger partial charge in [0.15, 0.2) is 16.7 Å². The number of aliphatic imine (C=N–C) groups is 1. The van der Waals surface area contributed by atoms with E-state index < -0.39 is 5.97 Å². The molecule has 0 saturated carbocycles. The average molecular weight is 547 g/mol. The van der Waals surface area contributed by atoms with Crippen LogP contribution in [0.3, 0.4) is 0 Å². The Bertz CT molecular complexity index is 1150. The van der Waals surface area contributed by atoms with Gasteiger partial charge in [0, 0.05) is 6.54 Å². The molecule has 1 saturated heterocycles. The minimum absolute atomic E-state index is 0.142. The van der Waals surface area contributed by atoms with E-state index in [1.807, 2.05) is 26.0 Å². The summed E-state index contributed by atoms with van der Waals surface area (Å²) in [5.74, 6) is 0.423. The number of likely N-dealkylation sites (N-methyl/N-ethyl adjacent to an activating group) is 1. The van der Waals surface area contributed by atoms with Crippen molar-refractivity contribution in [3.63, 3.8) is 0 Å². The quantitative estimate of drug-likeness (QED) is 0.376. The van der Waals surface area contributed by atoms with Gasteiger partial charge >= 0.3 is 5.97 Å².